The molecule has 1 fully saturated rings. The summed E-state index contributed by atoms with van der Waals surface area (Å²) in [6.07, 6.45) is 2.54. The van der Waals surface area contributed by atoms with Gasteiger partial charge in [0, 0.05) is 23.3 Å². The van der Waals surface area contributed by atoms with Crippen molar-refractivity contribution >= 4 is 31.9 Å². The molecule has 1 aromatic carbocycles. The monoisotopic (exact) mass is 439 g/mol. The summed E-state index contributed by atoms with van der Waals surface area (Å²) in [7, 11) is -3.58. The number of amides is 1. The Morgan fingerprint density at radius 2 is 2.00 bits per heavy atom. The van der Waals surface area contributed by atoms with E-state index in [9.17, 15) is 13.2 Å². The molecule has 7 nitrogen and oxygen atoms in total. The van der Waals surface area contributed by atoms with E-state index >= 15 is 0 Å². The number of pyridine rings is 1. The minimum Gasteiger partial charge on any atom is -0.489 e. The van der Waals surface area contributed by atoms with Crippen molar-refractivity contribution in [3.05, 3.63) is 52.8 Å². The fourth-order valence-corrected chi connectivity index (χ4v) is 4.56. The van der Waals surface area contributed by atoms with Crippen LogP contribution < -0.4 is 10.5 Å². The van der Waals surface area contributed by atoms with Crippen molar-refractivity contribution in [1.29, 1.82) is 0 Å². The average molecular weight is 440 g/mol. The fourth-order valence-electron chi connectivity index (χ4n) is 2.79. The van der Waals surface area contributed by atoms with Crippen LogP contribution in [-0.4, -0.2) is 42.8 Å². The predicted octanol–water partition coefficient (Wildman–Crippen LogP) is 2.18. The van der Waals surface area contributed by atoms with E-state index in [1.165, 1.54) is 16.6 Å². The van der Waals surface area contributed by atoms with Crippen molar-refractivity contribution in [3.63, 3.8) is 0 Å². The number of carbonyl (C=O) groups is 1. The van der Waals surface area contributed by atoms with Gasteiger partial charge in [-0.05, 0) is 43.2 Å². The topological polar surface area (TPSA) is 103 Å². The van der Waals surface area contributed by atoms with E-state index in [0.717, 1.165) is 10.9 Å². The van der Waals surface area contributed by atoms with E-state index in [0.29, 0.717) is 18.7 Å². The minimum absolute atomic E-state index is 0.109. The zero-order valence-corrected chi connectivity index (χ0v) is 16.2. The molecule has 1 amide bonds. The van der Waals surface area contributed by atoms with Crippen molar-refractivity contribution in [2.45, 2.75) is 23.8 Å². The third-order valence-electron chi connectivity index (χ3n) is 4.08. The molecule has 2 N–H and O–H groups in total. The maximum absolute atomic E-state index is 12.8. The number of nitrogens with zero attached hydrogens (tertiary/aromatic N) is 2. The van der Waals surface area contributed by atoms with Crippen LogP contribution in [-0.2, 0) is 10.0 Å². The van der Waals surface area contributed by atoms with Gasteiger partial charge in [0.2, 0.25) is 10.0 Å². The molecule has 138 valence electrons. The maximum Gasteiger partial charge on any atom is 0.267 e. The van der Waals surface area contributed by atoms with Crippen molar-refractivity contribution in [1.82, 2.24) is 9.29 Å². The Labute approximate surface area is 160 Å². The Bertz CT molecular complexity index is 902. The smallest absolute Gasteiger partial charge is 0.267 e. The molecular weight excluding hydrogens is 422 g/mol. The van der Waals surface area contributed by atoms with Crippen LogP contribution in [0.5, 0.6) is 5.75 Å². The van der Waals surface area contributed by atoms with Gasteiger partial charge in [0.25, 0.3) is 5.91 Å². The van der Waals surface area contributed by atoms with Gasteiger partial charge in [-0.1, -0.05) is 15.9 Å². The summed E-state index contributed by atoms with van der Waals surface area (Å²) in [6.45, 7) is 0.688. The molecule has 0 saturated carbocycles. The molecule has 1 aliphatic heterocycles. The molecule has 1 aromatic heterocycles. The molecule has 1 atom stereocenters. The van der Waals surface area contributed by atoms with Gasteiger partial charge in [-0.25, -0.2) is 8.42 Å². The number of halogens is 1. The normalized spacial score (nSPS) is 18.4. The lowest BCUT2D eigenvalue weighted by molar-refractivity contribution is 0.0993. The Hall–Kier alpha value is -1.97. The van der Waals surface area contributed by atoms with Gasteiger partial charge >= 0.3 is 0 Å². The number of sulfonamides is 1. The number of rotatable bonds is 5. The van der Waals surface area contributed by atoms with Gasteiger partial charge in [0.15, 0.2) is 0 Å². The molecule has 9 heteroatoms. The summed E-state index contributed by atoms with van der Waals surface area (Å²) in [5.74, 6) is -0.194. The second kappa shape index (κ2) is 7.73. The Morgan fingerprint density at radius 3 is 2.69 bits per heavy atom. The second-order valence-electron chi connectivity index (χ2n) is 5.94. The molecule has 3 rings (SSSR count). The molecule has 1 unspecified atom stereocenters. The summed E-state index contributed by atoms with van der Waals surface area (Å²) < 4.78 is 33.8. The summed E-state index contributed by atoms with van der Waals surface area (Å²) >= 11 is 3.30. The molecule has 2 heterocycles. The molecule has 0 aliphatic carbocycles. The van der Waals surface area contributed by atoms with Gasteiger partial charge in [-0.15, -0.1) is 0 Å². The quantitative estimate of drug-likeness (QED) is 0.768. The highest BCUT2D eigenvalue weighted by Crippen LogP contribution is 2.24. The first-order valence-corrected chi connectivity index (χ1v) is 10.3. The molecule has 26 heavy (non-hydrogen) atoms. The van der Waals surface area contributed by atoms with Crippen LogP contribution in [0.2, 0.25) is 0 Å². The highest BCUT2D eigenvalue weighted by atomic mass is 79.9. The lowest BCUT2D eigenvalue weighted by Crippen LogP contribution is -2.44. The molecule has 1 aliphatic rings. The summed E-state index contributed by atoms with van der Waals surface area (Å²) in [5.41, 5.74) is 5.33. The summed E-state index contributed by atoms with van der Waals surface area (Å²) in [5, 5.41) is 0. The van der Waals surface area contributed by atoms with Crippen LogP contribution in [0.25, 0.3) is 0 Å². The molecule has 0 bridgehead atoms. The van der Waals surface area contributed by atoms with Gasteiger partial charge in [-0.3, -0.25) is 9.78 Å². The average Bonchev–Trinajstić information content (AvgIpc) is 2.62. The van der Waals surface area contributed by atoms with Crippen LogP contribution in [0, 0.1) is 0 Å². The Morgan fingerprint density at radius 1 is 1.27 bits per heavy atom. The van der Waals surface area contributed by atoms with Crippen molar-refractivity contribution in [2.75, 3.05) is 13.1 Å². The molecule has 1 saturated heterocycles. The van der Waals surface area contributed by atoms with Crippen LogP contribution in [0.4, 0.5) is 0 Å². The standard InChI is InChI=1S/C17H18BrN3O4S/c18-12-3-5-15(6-4-12)26(23,24)21-9-1-2-14(11-21)25-13-7-8-20-16(10-13)17(19)22/h3-8,10,14H,1-2,9,11H2,(H2,19,22). The number of aromatic nitrogens is 1. The number of nitrogens with two attached hydrogens (primary N) is 1. The SMILES string of the molecule is NC(=O)c1cc(OC2CCCN(S(=O)(=O)c3ccc(Br)cc3)C2)ccn1. The number of carbonyl (C=O) groups excluding carboxylic acids is 1. The zero-order valence-electron chi connectivity index (χ0n) is 13.8. The van der Waals surface area contributed by atoms with Crippen LogP contribution in [0.3, 0.4) is 0 Å². The minimum atomic E-state index is -3.58. The van der Waals surface area contributed by atoms with Gasteiger partial charge in [0.05, 0.1) is 11.4 Å². The van der Waals surface area contributed by atoms with Gasteiger partial charge < -0.3 is 10.5 Å². The highest BCUT2D eigenvalue weighted by molar-refractivity contribution is 9.10. The summed E-state index contributed by atoms with van der Waals surface area (Å²) in [6, 6.07) is 9.64. The highest BCUT2D eigenvalue weighted by Gasteiger charge is 2.31. The van der Waals surface area contributed by atoms with Crippen LogP contribution in [0.1, 0.15) is 23.3 Å². The van der Waals surface area contributed by atoms with E-state index in [-0.39, 0.29) is 23.2 Å². The van der Waals surface area contributed by atoms with E-state index in [4.69, 9.17) is 10.5 Å². The number of hydrogen-bond donors (Lipinski definition) is 1. The van der Waals surface area contributed by atoms with E-state index in [1.54, 1.807) is 30.3 Å². The van der Waals surface area contributed by atoms with Crippen molar-refractivity contribution < 1.29 is 17.9 Å². The van der Waals surface area contributed by atoms with Gasteiger partial charge in [0.1, 0.15) is 17.5 Å². The lowest BCUT2D eigenvalue weighted by Gasteiger charge is -2.32. The number of benzene rings is 1. The first kappa shape index (κ1) is 18.8. The Balaban J connectivity index is 1.74. The molecule has 2 aromatic rings. The zero-order chi connectivity index (χ0) is 18.7. The second-order valence-corrected chi connectivity index (χ2v) is 8.79. The van der Waals surface area contributed by atoms with Crippen molar-refractivity contribution in [3.8, 4) is 5.75 Å². The first-order valence-electron chi connectivity index (χ1n) is 8.04. The number of ether oxygens (including phenoxy) is 1. The first-order chi connectivity index (χ1) is 12.4. The number of primary amides is 1. The largest absolute Gasteiger partial charge is 0.489 e. The Kier molecular flexibility index (Phi) is 5.59. The van der Waals surface area contributed by atoms with E-state index < -0.39 is 15.9 Å². The number of piperidine rings is 1. The summed E-state index contributed by atoms with van der Waals surface area (Å²) in [4.78, 5) is 15.3. The van der Waals surface area contributed by atoms with Crippen molar-refractivity contribution in [2.24, 2.45) is 5.73 Å². The maximum atomic E-state index is 12.8. The number of hydrogen-bond acceptors (Lipinski definition) is 5. The van der Waals surface area contributed by atoms with E-state index in [1.807, 2.05) is 0 Å². The third-order valence-corrected chi connectivity index (χ3v) is 6.49. The van der Waals surface area contributed by atoms with Crippen LogP contribution in [0.15, 0.2) is 52.0 Å². The van der Waals surface area contributed by atoms with Gasteiger partial charge in [-0.2, -0.15) is 4.31 Å². The third kappa shape index (κ3) is 4.22. The molecule has 0 radical (unpaired) electrons. The molecule has 0 spiro atoms. The lowest BCUT2D eigenvalue weighted by atomic mass is 10.1. The molecular formula is C17H18BrN3O4S. The fraction of sp³-hybridized carbons (Fsp3) is 0.294. The van der Waals surface area contributed by atoms with Crippen LogP contribution >= 0.6 is 15.9 Å². The predicted molar refractivity (Wildman–Crippen MR) is 99.3 cm³/mol. The van der Waals surface area contributed by atoms with E-state index in [2.05, 4.69) is 20.9 Å².